The molecule has 4 rings (SSSR count). The molecule has 0 bridgehead atoms. The highest BCUT2D eigenvalue weighted by Crippen LogP contribution is 2.32. The van der Waals surface area contributed by atoms with Crippen molar-refractivity contribution >= 4 is 42.0 Å². The van der Waals surface area contributed by atoms with E-state index in [1.54, 1.807) is 0 Å². The highest BCUT2D eigenvalue weighted by atomic mass is 32.1. The van der Waals surface area contributed by atoms with Gasteiger partial charge in [-0.2, -0.15) is 13.5 Å². The highest BCUT2D eigenvalue weighted by molar-refractivity contribution is 7.59. The predicted octanol–water partition coefficient (Wildman–Crippen LogP) is 2.30. The van der Waals surface area contributed by atoms with E-state index in [9.17, 15) is 9.59 Å². The average molecular weight is 428 g/mol. The normalized spacial score (nSPS) is 15.9. The molecule has 3 heterocycles. The molecule has 1 saturated heterocycles. The van der Waals surface area contributed by atoms with Gasteiger partial charge in [-0.1, -0.05) is 30.3 Å². The average Bonchev–Trinajstić information content (AvgIpc) is 3.34. The molecule has 1 aliphatic rings. The summed E-state index contributed by atoms with van der Waals surface area (Å²) >= 11 is 0. The molecule has 0 saturated carbocycles. The number of fused-ring (bicyclic) bond motifs is 1. The molecule has 0 unspecified atom stereocenters. The quantitative estimate of drug-likeness (QED) is 0.598. The van der Waals surface area contributed by atoms with Crippen molar-refractivity contribution in [1.82, 2.24) is 15.0 Å². The van der Waals surface area contributed by atoms with Crippen LogP contribution in [-0.4, -0.2) is 45.8 Å². The number of carbonyl (C=O) groups is 2. The van der Waals surface area contributed by atoms with Crippen molar-refractivity contribution in [1.29, 1.82) is 0 Å². The maximum absolute atomic E-state index is 12.0. The number of aromatic amines is 1. The summed E-state index contributed by atoms with van der Waals surface area (Å²) < 4.78 is 5.43. The molecule has 3 N–H and O–H groups in total. The van der Waals surface area contributed by atoms with E-state index < -0.39 is 0 Å². The van der Waals surface area contributed by atoms with Crippen LogP contribution >= 0.6 is 13.5 Å². The number of rotatable bonds is 7. The van der Waals surface area contributed by atoms with Crippen LogP contribution < -0.4 is 10.6 Å². The van der Waals surface area contributed by atoms with Gasteiger partial charge in [0.15, 0.2) is 11.6 Å². The number of Topliss-reactive ketones (excluding diaryl/α,β-unsaturated/α-hetero) is 1. The first-order valence-corrected chi connectivity index (χ1v) is 9.61. The fourth-order valence-electron chi connectivity index (χ4n) is 3.68. The van der Waals surface area contributed by atoms with E-state index in [2.05, 4.69) is 9.97 Å². The zero-order valence-electron chi connectivity index (χ0n) is 16.7. The molecule has 30 heavy (non-hydrogen) atoms. The van der Waals surface area contributed by atoms with Gasteiger partial charge in [0.05, 0.1) is 12.0 Å². The number of hydrogen-bond acceptors (Lipinski definition) is 6. The lowest BCUT2D eigenvalue weighted by atomic mass is 10.2. The first-order valence-electron chi connectivity index (χ1n) is 9.61. The van der Waals surface area contributed by atoms with Crippen LogP contribution in [0.15, 0.2) is 36.4 Å². The summed E-state index contributed by atoms with van der Waals surface area (Å²) in [6.45, 7) is 2.50. The van der Waals surface area contributed by atoms with Gasteiger partial charge in [0.1, 0.15) is 24.1 Å². The number of aromatic nitrogens is 3. The van der Waals surface area contributed by atoms with Crippen LogP contribution in [-0.2, 0) is 20.9 Å². The monoisotopic (exact) mass is 427 g/mol. The molecular weight excluding hydrogens is 402 g/mol. The fourth-order valence-corrected chi connectivity index (χ4v) is 3.68. The molecule has 9 heteroatoms. The Bertz CT molecular complexity index is 1050. The molecule has 0 spiro atoms. The Hall–Kier alpha value is -2.91. The van der Waals surface area contributed by atoms with Crippen LogP contribution in [0.5, 0.6) is 0 Å². The summed E-state index contributed by atoms with van der Waals surface area (Å²) in [5, 5.41) is 0.805. The molecule has 3 aromatic rings. The van der Waals surface area contributed by atoms with Crippen molar-refractivity contribution in [2.75, 3.05) is 18.1 Å². The third-order valence-corrected chi connectivity index (χ3v) is 4.97. The van der Waals surface area contributed by atoms with Crippen molar-refractivity contribution in [2.24, 2.45) is 5.73 Å². The zero-order valence-corrected chi connectivity index (χ0v) is 17.7. The second-order valence-corrected chi connectivity index (χ2v) is 7.24. The molecule has 1 aliphatic heterocycles. The summed E-state index contributed by atoms with van der Waals surface area (Å²) in [6.07, 6.45) is 1.58. The van der Waals surface area contributed by atoms with Gasteiger partial charge in [-0.25, -0.2) is 9.97 Å². The van der Waals surface area contributed by atoms with Gasteiger partial charge >= 0.3 is 0 Å². The number of ketones is 1. The second-order valence-electron chi connectivity index (χ2n) is 7.24. The minimum Gasteiger partial charge on any atom is -0.368 e. The first-order chi connectivity index (χ1) is 14.0. The third-order valence-electron chi connectivity index (χ3n) is 4.97. The molecule has 8 nitrogen and oxygen atoms in total. The van der Waals surface area contributed by atoms with E-state index in [1.807, 2.05) is 41.3 Å². The largest absolute Gasteiger partial charge is 0.368 e. The van der Waals surface area contributed by atoms with Crippen LogP contribution in [0.4, 0.5) is 5.82 Å². The highest BCUT2D eigenvalue weighted by Gasteiger charge is 2.32. The number of ether oxygens (including phenoxy) is 1. The molecule has 1 atom stereocenters. The Morgan fingerprint density at radius 3 is 2.73 bits per heavy atom. The van der Waals surface area contributed by atoms with Crippen LogP contribution in [0, 0.1) is 0 Å². The molecular formula is C21H25N5O3S. The van der Waals surface area contributed by atoms with Gasteiger partial charge in [0, 0.05) is 17.8 Å². The number of amides is 1. The lowest BCUT2D eigenvalue weighted by Crippen LogP contribution is -2.40. The van der Waals surface area contributed by atoms with Crippen molar-refractivity contribution in [3.8, 4) is 11.4 Å². The van der Waals surface area contributed by atoms with Gasteiger partial charge in [0.2, 0.25) is 5.91 Å². The third kappa shape index (κ3) is 4.47. The van der Waals surface area contributed by atoms with E-state index >= 15 is 0 Å². The smallest absolute Gasteiger partial charge is 0.240 e. The van der Waals surface area contributed by atoms with E-state index in [-0.39, 0.29) is 44.4 Å². The van der Waals surface area contributed by atoms with Crippen molar-refractivity contribution in [3.05, 3.63) is 42.1 Å². The summed E-state index contributed by atoms with van der Waals surface area (Å²) in [5.74, 6) is 0.871. The van der Waals surface area contributed by atoms with Gasteiger partial charge in [-0.3, -0.25) is 9.59 Å². The standard InChI is InChI=1S/C21H23N5O3.H2S/c1-13(27)11-29-12-15-10-16-20(23-15)24-19(14-6-3-2-4-7-14)25-21(16)26-9-5-8-17(26)18(22)28;/h2-4,6-7,10,17H,5,8-9,11-12H2,1H3,(H2,22,28)(H,23,24,25);1H2/t17-;/m0./s1. The summed E-state index contributed by atoms with van der Waals surface area (Å²) in [5.41, 5.74) is 7.96. The number of benzene rings is 1. The minimum absolute atomic E-state index is 0. The van der Waals surface area contributed by atoms with Gasteiger partial charge in [-0.15, -0.1) is 0 Å². The minimum atomic E-state index is -0.385. The Morgan fingerprint density at radius 1 is 1.27 bits per heavy atom. The van der Waals surface area contributed by atoms with E-state index in [0.717, 1.165) is 23.1 Å². The topological polar surface area (TPSA) is 114 Å². The summed E-state index contributed by atoms with van der Waals surface area (Å²) in [7, 11) is 0. The Labute approximate surface area is 181 Å². The number of hydrogen-bond donors (Lipinski definition) is 2. The SMILES string of the molecule is CC(=O)COCc1cc2c(N3CCC[C@H]3C(N)=O)nc(-c3ccccc3)nc2[nH]1.S. The van der Waals surface area contributed by atoms with E-state index in [1.165, 1.54) is 6.92 Å². The lowest BCUT2D eigenvalue weighted by Gasteiger charge is -2.24. The van der Waals surface area contributed by atoms with Crippen molar-refractivity contribution in [3.63, 3.8) is 0 Å². The molecule has 0 radical (unpaired) electrons. The molecule has 1 aromatic carbocycles. The van der Waals surface area contributed by atoms with Gasteiger partial charge in [-0.05, 0) is 25.8 Å². The van der Waals surface area contributed by atoms with Crippen LogP contribution in [0.3, 0.4) is 0 Å². The molecule has 0 aliphatic carbocycles. The molecule has 2 aromatic heterocycles. The van der Waals surface area contributed by atoms with E-state index in [4.69, 9.17) is 15.5 Å². The van der Waals surface area contributed by atoms with Crippen LogP contribution in [0.1, 0.15) is 25.5 Å². The van der Waals surface area contributed by atoms with Crippen molar-refractivity contribution in [2.45, 2.75) is 32.4 Å². The number of nitrogens with two attached hydrogens (primary N) is 1. The van der Waals surface area contributed by atoms with Crippen LogP contribution in [0.2, 0.25) is 0 Å². The molecule has 1 fully saturated rings. The van der Waals surface area contributed by atoms with Crippen molar-refractivity contribution < 1.29 is 14.3 Å². The Balaban J connectivity index is 0.00000256. The van der Waals surface area contributed by atoms with E-state index in [0.29, 0.717) is 30.3 Å². The van der Waals surface area contributed by atoms with Gasteiger partial charge < -0.3 is 20.4 Å². The molecule has 1 amide bonds. The maximum atomic E-state index is 12.0. The second kappa shape index (κ2) is 9.27. The molecule has 158 valence electrons. The lowest BCUT2D eigenvalue weighted by molar-refractivity contribution is -0.122. The number of anilines is 1. The maximum Gasteiger partial charge on any atom is 0.240 e. The number of primary amides is 1. The number of carbonyl (C=O) groups excluding carboxylic acids is 2. The first kappa shape index (κ1) is 21.8. The number of nitrogens with one attached hydrogen (secondary N) is 1. The summed E-state index contributed by atoms with van der Waals surface area (Å²) in [4.78, 5) is 37.8. The summed E-state index contributed by atoms with van der Waals surface area (Å²) in [6, 6.07) is 11.2. The Kier molecular flexibility index (Phi) is 6.73. The van der Waals surface area contributed by atoms with Gasteiger partial charge in [0.25, 0.3) is 0 Å². The van der Waals surface area contributed by atoms with Crippen LogP contribution in [0.25, 0.3) is 22.4 Å². The fraction of sp³-hybridized carbons (Fsp3) is 0.333. The predicted molar refractivity (Wildman–Crippen MR) is 120 cm³/mol. The zero-order chi connectivity index (χ0) is 20.4. The Morgan fingerprint density at radius 2 is 2.03 bits per heavy atom. The number of H-pyrrole nitrogens is 1. The number of nitrogens with zero attached hydrogens (tertiary/aromatic N) is 3.